The molecule has 2 aromatic rings. The van der Waals surface area contributed by atoms with Crippen LogP contribution in [0.15, 0.2) is 42.5 Å². The molecule has 0 saturated heterocycles. The molecule has 21 heavy (non-hydrogen) atoms. The molecule has 1 unspecified atom stereocenters. The molecule has 1 heterocycles. The molecule has 1 aliphatic rings. The Labute approximate surface area is 132 Å². The fraction of sp³-hybridized carbons (Fsp3) is 0.188. The van der Waals surface area contributed by atoms with E-state index in [-0.39, 0.29) is 11.9 Å². The Morgan fingerprint density at radius 1 is 1.19 bits per heavy atom. The summed E-state index contributed by atoms with van der Waals surface area (Å²) >= 11 is 12.1. The van der Waals surface area contributed by atoms with Crippen molar-refractivity contribution < 1.29 is 9.53 Å². The van der Waals surface area contributed by atoms with Crippen LogP contribution in [-0.2, 0) is 0 Å². The van der Waals surface area contributed by atoms with Gasteiger partial charge in [-0.3, -0.25) is 4.79 Å². The number of benzene rings is 2. The fourth-order valence-corrected chi connectivity index (χ4v) is 2.80. The minimum Gasteiger partial charge on any atom is -0.493 e. The number of halogens is 2. The van der Waals surface area contributed by atoms with Crippen molar-refractivity contribution in [3.8, 4) is 5.75 Å². The van der Waals surface area contributed by atoms with E-state index >= 15 is 0 Å². The number of hydrogen-bond acceptors (Lipinski definition) is 2. The summed E-state index contributed by atoms with van der Waals surface area (Å²) in [6, 6.07) is 12.3. The topological polar surface area (TPSA) is 38.3 Å². The Morgan fingerprint density at radius 3 is 2.81 bits per heavy atom. The Hall–Kier alpha value is -1.71. The number of hydrogen-bond donors (Lipinski definition) is 1. The highest BCUT2D eigenvalue weighted by Crippen LogP contribution is 2.34. The van der Waals surface area contributed by atoms with E-state index in [4.69, 9.17) is 27.9 Å². The Kier molecular flexibility index (Phi) is 4.04. The van der Waals surface area contributed by atoms with Gasteiger partial charge in [-0.15, -0.1) is 0 Å². The van der Waals surface area contributed by atoms with Crippen LogP contribution < -0.4 is 10.1 Å². The van der Waals surface area contributed by atoms with E-state index in [1.165, 1.54) is 0 Å². The molecule has 0 saturated carbocycles. The van der Waals surface area contributed by atoms with Crippen molar-refractivity contribution in [3.05, 3.63) is 63.6 Å². The summed E-state index contributed by atoms with van der Waals surface area (Å²) in [5.41, 5.74) is 1.36. The van der Waals surface area contributed by atoms with Gasteiger partial charge in [0.1, 0.15) is 5.75 Å². The third-order valence-electron chi connectivity index (χ3n) is 3.44. The molecule has 1 aliphatic heterocycles. The molecular weight excluding hydrogens is 309 g/mol. The average Bonchev–Trinajstić information content (AvgIpc) is 2.48. The van der Waals surface area contributed by atoms with E-state index < -0.39 is 0 Å². The van der Waals surface area contributed by atoms with Crippen molar-refractivity contribution in [1.29, 1.82) is 0 Å². The maximum Gasteiger partial charge on any atom is 0.253 e. The molecule has 1 atom stereocenters. The summed E-state index contributed by atoms with van der Waals surface area (Å²) in [5.74, 6) is 0.563. The largest absolute Gasteiger partial charge is 0.493 e. The first-order valence-corrected chi connectivity index (χ1v) is 7.38. The van der Waals surface area contributed by atoms with Crippen molar-refractivity contribution >= 4 is 29.1 Å². The van der Waals surface area contributed by atoms with Crippen LogP contribution in [0, 0.1) is 0 Å². The van der Waals surface area contributed by atoms with Crippen LogP contribution >= 0.6 is 23.2 Å². The van der Waals surface area contributed by atoms with Gasteiger partial charge in [0.2, 0.25) is 0 Å². The third-order valence-corrected chi connectivity index (χ3v) is 4.00. The lowest BCUT2D eigenvalue weighted by molar-refractivity contribution is 0.0925. The van der Waals surface area contributed by atoms with Crippen LogP contribution in [0.2, 0.25) is 10.0 Å². The molecule has 1 N–H and O–H groups in total. The van der Waals surface area contributed by atoms with Gasteiger partial charge in [-0.2, -0.15) is 0 Å². The minimum atomic E-state index is -0.196. The van der Waals surface area contributed by atoms with Crippen LogP contribution in [-0.4, -0.2) is 12.5 Å². The second-order valence-electron chi connectivity index (χ2n) is 4.83. The molecule has 0 aromatic heterocycles. The predicted molar refractivity (Wildman–Crippen MR) is 83.2 cm³/mol. The Balaban J connectivity index is 1.85. The summed E-state index contributed by atoms with van der Waals surface area (Å²) in [7, 11) is 0. The van der Waals surface area contributed by atoms with Crippen LogP contribution in [0.5, 0.6) is 5.75 Å². The average molecular weight is 322 g/mol. The number of ether oxygens (including phenoxy) is 1. The third kappa shape index (κ3) is 2.99. The first kappa shape index (κ1) is 14.2. The summed E-state index contributed by atoms with van der Waals surface area (Å²) < 4.78 is 5.58. The zero-order chi connectivity index (χ0) is 14.8. The molecule has 0 aliphatic carbocycles. The molecule has 1 amide bonds. The Bertz CT molecular complexity index is 688. The quantitative estimate of drug-likeness (QED) is 0.898. The number of amides is 1. The zero-order valence-electron chi connectivity index (χ0n) is 11.1. The fourth-order valence-electron chi connectivity index (χ4n) is 2.40. The maximum atomic E-state index is 12.4. The van der Waals surface area contributed by atoms with E-state index in [0.717, 1.165) is 11.3 Å². The predicted octanol–water partition coefficient (Wildman–Crippen LogP) is 4.25. The van der Waals surface area contributed by atoms with Crippen LogP contribution in [0.25, 0.3) is 0 Å². The lowest BCUT2D eigenvalue weighted by Crippen LogP contribution is -2.32. The summed E-state index contributed by atoms with van der Waals surface area (Å²) in [5, 5.41) is 4.06. The lowest BCUT2D eigenvalue weighted by Gasteiger charge is -2.27. The lowest BCUT2D eigenvalue weighted by atomic mass is 10.00. The van der Waals surface area contributed by atoms with Crippen molar-refractivity contribution in [3.63, 3.8) is 0 Å². The zero-order valence-corrected chi connectivity index (χ0v) is 12.6. The highest BCUT2D eigenvalue weighted by molar-refractivity contribution is 6.33. The summed E-state index contributed by atoms with van der Waals surface area (Å²) in [6.45, 7) is 0.558. The first-order chi connectivity index (χ1) is 10.1. The second-order valence-corrected chi connectivity index (χ2v) is 5.67. The normalized spacial score (nSPS) is 16.8. The van der Waals surface area contributed by atoms with E-state index in [0.29, 0.717) is 28.6 Å². The van der Waals surface area contributed by atoms with E-state index in [9.17, 15) is 4.79 Å². The van der Waals surface area contributed by atoms with Gasteiger partial charge in [0.25, 0.3) is 5.91 Å². The summed E-state index contributed by atoms with van der Waals surface area (Å²) in [6.07, 6.45) is 0.698. The van der Waals surface area contributed by atoms with Crippen molar-refractivity contribution in [2.24, 2.45) is 0 Å². The molecule has 3 rings (SSSR count). The van der Waals surface area contributed by atoms with Gasteiger partial charge in [0.05, 0.1) is 23.2 Å². The molecule has 0 bridgehead atoms. The molecule has 0 radical (unpaired) electrons. The van der Waals surface area contributed by atoms with Gasteiger partial charge in [0.15, 0.2) is 0 Å². The van der Waals surface area contributed by atoms with E-state index in [1.807, 2.05) is 12.1 Å². The smallest absolute Gasteiger partial charge is 0.253 e. The van der Waals surface area contributed by atoms with Crippen LogP contribution in [0.3, 0.4) is 0 Å². The van der Waals surface area contributed by atoms with Gasteiger partial charge in [-0.1, -0.05) is 35.3 Å². The molecule has 108 valence electrons. The highest BCUT2D eigenvalue weighted by atomic mass is 35.5. The molecule has 5 heteroatoms. The second kappa shape index (κ2) is 5.96. The molecule has 2 aromatic carbocycles. The van der Waals surface area contributed by atoms with Gasteiger partial charge in [-0.25, -0.2) is 0 Å². The van der Waals surface area contributed by atoms with Crippen molar-refractivity contribution in [2.75, 3.05) is 6.61 Å². The number of nitrogens with one attached hydrogen (secondary N) is 1. The van der Waals surface area contributed by atoms with Crippen molar-refractivity contribution in [1.82, 2.24) is 5.32 Å². The standard InChI is InChI=1S/C16H13Cl2NO2/c17-10-5-6-15-12(9-10)14(7-8-21-15)19-16(20)11-3-1-2-4-13(11)18/h1-6,9,14H,7-8H2,(H,19,20). The first-order valence-electron chi connectivity index (χ1n) is 6.63. The molecule has 0 spiro atoms. The van der Waals surface area contributed by atoms with Crippen LogP contribution in [0.4, 0.5) is 0 Å². The number of carbonyl (C=O) groups is 1. The number of rotatable bonds is 2. The SMILES string of the molecule is O=C(NC1CCOc2ccc(Cl)cc21)c1ccccc1Cl. The van der Waals surface area contributed by atoms with E-state index in [2.05, 4.69) is 5.32 Å². The minimum absolute atomic E-state index is 0.128. The van der Waals surface area contributed by atoms with E-state index in [1.54, 1.807) is 30.3 Å². The monoisotopic (exact) mass is 321 g/mol. The molecular formula is C16H13Cl2NO2. The van der Waals surface area contributed by atoms with Gasteiger partial charge < -0.3 is 10.1 Å². The Morgan fingerprint density at radius 2 is 2.00 bits per heavy atom. The number of carbonyl (C=O) groups excluding carboxylic acids is 1. The highest BCUT2D eigenvalue weighted by Gasteiger charge is 2.24. The summed E-state index contributed by atoms with van der Waals surface area (Å²) in [4.78, 5) is 12.4. The maximum absolute atomic E-state index is 12.4. The van der Waals surface area contributed by atoms with Gasteiger partial charge in [-0.05, 0) is 30.3 Å². The molecule has 3 nitrogen and oxygen atoms in total. The van der Waals surface area contributed by atoms with Gasteiger partial charge in [0, 0.05) is 17.0 Å². The van der Waals surface area contributed by atoms with Crippen molar-refractivity contribution in [2.45, 2.75) is 12.5 Å². The van der Waals surface area contributed by atoms with Crippen LogP contribution in [0.1, 0.15) is 28.4 Å². The van der Waals surface area contributed by atoms with Gasteiger partial charge >= 0.3 is 0 Å². The molecule has 0 fully saturated rings. The number of fused-ring (bicyclic) bond motifs is 1.